The third kappa shape index (κ3) is 2.11. The molecule has 9 atom stereocenters. The van der Waals surface area contributed by atoms with Crippen molar-refractivity contribution in [1.82, 2.24) is 0 Å². The number of rotatable bonds is 1. The molecular formula is C30H48O2. The first-order valence-electron chi connectivity index (χ1n) is 14.1. The molecule has 5 aliphatic carbocycles. The molecule has 6 aliphatic rings. The monoisotopic (exact) mass is 440 g/mol. The van der Waals surface area contributed by atoms with Crippen molar-refractivity contribution in [2.24, 2.45) is 56.7 Å². The second kappa shape index (κ2) is 6.17. The van der Waals surface area contributed by atoms with Crippen LogP contribution in [-0.4, -0.2) is 11.6 Å². The van der Waals surface area contributed by atoms with Crippen LogP contribution in [0.15, 0.2) is 0 Å². The van der Waals surface area contributed by atoms with Gasteiger partial charge in [-0.15, -0.1) is 0 Å². The molecule has 0 radical (unpaired) electrons. The third-order valence-corrected chi connectivity index (χ3v) is 14.0. The summed E-state index contributed by atoms with van der Waals surface area (Å²) in [6.07, 6.45) is 13.9. The summed E-state index contributed by atoms with van der Waals surface area (Å²) in [6.45, 7) is 17.7. The zero-order valence-corrected chi connectivity index (χ0v) is 22.0. The van der Waals surface area contributed by atoms with Crippen LogP contribution in [0.2, 0.25) is 0 Å². The Bertz CT molecular complexity index is 844. The van der Waals surface area contributed by atoms with Gasteiger partial charge in [0.2, 0.25) is 0 Å². The summed E-state index contributed by atoms with van der Waals surface area (Å²) in [6, 6.07) is 0. The summed E-state index contributed by atoms with van der Waals surface area (Å²) in [7, 11) is 0. The number of hydrogen-bond acceptors (Lipinski definition) is 2. The molecule has 3 unspecified atom stereocenters. The highest BCUT2D eigenvalue weighted by Crippen LogP contribution is 2.80. The second-order valence-electron chi connectivity index (χ2n) is 15.1. The largest absolute Gasteiger partial charge is 0.458 e. The molecule has 0 aromatic rings. The Morgan fingerprint density at radius 2 is 1.44 bits per heavy atom. The lowest BCUT2D eigenvalue weighted by atomic mass is 9.32. The minimum Gasteiger partial charge on any atom is -0.458 e. The molecule has 6 fully saturated rings. The number of esters is 1. The Balaban J connectivity index is 1.44. The van der Waals surface area contributed by atoms with Crippen LogP contribution in [0.4, 0.5) is 0 Å². The lowest BCUT2D eigenvalue weighted by molar-refractivity contribution is -0.232. The summed E-state index contributed by atoms with van der Waals surface area (Å²) in [5.74, 6) is 3.70. The van der Waals surface area contributed by atoms with Crippen LogP contribution < -0.4 is 0 Å². The SMILES string of the molecule is CC(C)[C@H]1CCC2[C@]1(C)CC[C@]1(C)C3CC[C@@]45OC(=O)[C@]3(CC[C@@]21C)C4CCCC5(C)C. The number of fused-ring (bicyclic) bond motifs is 4. The van der Waals surface area contributed by atoms with Crippen molar-refractivity contribution < 1.29 is 9.53 Å². The van der Waals surface area contributed by atoms with Crippen LogP contribution in [0.1, 0.15) is 119 Å². The van der Waals surface area contributed by atoms with Crippen molar-refractivity contribution in [3.05, 3.63) is 0 Å². The zero-order chi connectivity index (χ0) is 22.9. The van der Waals surface area contributed by atoms with Crippen molar-refractivity contribution in [3.8, 4) is 0 Å². The molecule has 1 aliphatic heterocycles. The van der Waals surface area contributed by atoms with Crippen molar-refractivity contribution in [2.45, 2.75) is 125 Å². The van der Waals surface area contributed by atoms with E-state index in [0.29, 0.717) is 22.7 Å². The summed E-state index contributed by atoms with van der Waals surface area (Å²) in [5.41, 5.74) is 0.901. The Morgan fingerprint density at radius 3 is 2.16 bits per heavy atom. The molecular weight excluding hydrogens is 392 g/mol. The van der Waals surface area contributed by atoms with E-state index in [4.69, 9.17) is 4.74 Å². The van der Waals surface area contributed by atoms with Gasteiger partial charge in [0.05, 0.1) is 5.41 Å². The first kappa shape index (κ1) is 22.0. The topological polar surface area (TPSA) is 26.3 Å². The molecule has 1 spiro atoms. The predicted molar refractivity (Wildman–Crippen MR) is 129 cm³/mol. The fraction of sp³-hybridized carbons (Fsp3) is 0.967. The smallest absolute Gasteiger partial charge is 0.313 e. The van der Waals surface area contributed by atoms with Gasteiger partial charge in [-0.2, -0.15) is 0 Å². The quantitative estimate of drug-likeness (QED) is 0.389. The van der Waals surface area contributed by atoms with E-state index < -0.39 is 0 Å². The number of ether oxygens (including phenoxy) is 1. The average Bonchev–Trinajstić information content (AvgIpc) is 3.14. The van der Waals surface area contributed by atoms with Crippen LogP contribution in [0.3, 0.4) is 0 Å². The van der Waals surface area contributed by atoms with Crippen LogP contribution >= 0.6 is 0 Å². The summed E-state index contributed by atoms with van der Waals surface area (Å²) >= 11 is 0. The van der Waals surface area contributed by atoms with Crippen LogP contribution in [0, 0.1) is 56.7 Å². The lowest BCUT2D eigenvalue weighted by Crippen LogP contribution is -2.67. The fourth-order valence-corrected chi connectivity index (χ4v) is 12.3. The van der Waals surface area contributed by atoms with Crippen molar-refractivity contribution in [2.75, 3.05) is 0 Å². The molecule has 5 saturated carbocycles. The molecule has 32 heavy (non-hydrogen) atoms. The Labute approximate surface area is 197 Å². The van der Waals surface area contributed by atoms with E-state index in [2.05, 4.69) is 48.5 Å². The first-order chi connectivity index (χ1) is 14.9. The molecule has 2 bridgehead atoms. The summed E-state index contributed by atoms with van der Waals surface area (Å²) in [4.78, 5) is 14.0. The number of carbonyl (C=O) groups is 1. The molecule has 1 saturated heterocycles. The summed E-state index contributed by atoms with van der Waals surface area (Å²) < 4.78 is 6.63. The van der Waals surface area contributed by atoms with Crippen LogP contribution in [-0.2, 0) is 9.53 Å². The van der Waals surface area contributed by atoms with Gasteiger partial charge in [0.15, 0.2) is 0 Å². The van der Waals surface area contributed by atoms with Gasteiger partial charge in [0.1, 0.15) is 5.60 Å². The van der Waals surface area contributed by atoms with Crippen LogP contribution in [0.25, 0.3) is 0 Å². The Morgan fingerprint density at radius 1 is 0.750 bits per heavy atom. The minimum atomic E-state index is -0.187. The fourth-order valence-electron chi connectivity index (χ4n) is 12.3. The highest BCUT2D eigenvalue weighted by atomic mass is 16.6. The van der Waals surface area contributed by atoms with E-state index in [1.807, 2.05) is 0 Å². The molecule has 6 rings (SSSR count). The molecule has 0 amide bonds. The first-order valence-corrected chi connectivity index (χ1v) is 14.1. The molecule has 0 N–H and O–H groups in total. The van der Waals surface area contributed by atoms with E-state index in [9.17, 15) is 4.79 Å². The van der Waals surface area contributed by atoms with Crippen molar-refractivity contribution >= 4 is 5.97 Å². The Hall–Kier alpha value is -0.530. The van der Waals surface area contributed by atoms with E-state index in [-0.39, 0.29) is 27.8 Å². The van der Waals surface area contributed by atoms with Gasteiger partial charge in [0.25, 0.3) is 0 Å². The standard InChI is InChI=1S/C30H48O2/c1-19(2)20-10-11-21-26(20,5)15-16-28(7)22-12-14-30-23(9-8-13-25(30,3)4)29(22,24(31)32-30)18-17-27(21,28)6/h19-23H,8-18H2,1-7H3/t20-,21?,22?,23?,26-,27+,28-,29+,30-/m1/s1. The normalized spacial score (nSPS) is 57.9. The van der Waals surface area contributed by atoms with Crippen molar-refractivity contribution in [1.29, 1.82) is 0 Å². The molecule has 0 aromatic carbocycles. The van der Waals surface area contributed by atoms with Gasteiger partial charge in [-0.3, -0.25) is 4.79 Å². The van der Waals surface area contributed by atoms with Gasteiger partial charge < -0.3 is 4.74 Å². The van der Waals surface area contributed by atoms with E-state index in [1.54, 1.807) is 0 Å². The van der Waals surface area contributed by atoms with E-state index in [1.165, 1.54) is 57.8 Å². The predicted octanol–water partition coefficient (Wildman–Crippen LogP) is 7.79. The maximum absolute atomic E-state index is 14.0. The molecule has 0 aromatic heterocycles. The third-order valence-electron chi connectivity index (χ3n) is 14.0. The molecule has 1 heterocycles. The number of hydrogen-bond donors (Lipinski definition) is 0. The molecule has 2 nitrogen and oxygen atoms in total. The Kier molecular flexibility index (Phi) is 4.24. The van der Waals surface area contributed by atoms with Gasteiger partial charge in [-0.05, 0) is 104 Å². The summed E-state index contributed by atoms with van der Waals surface area (Å²) in [5, 5.41) is 0. The maximum Gasteiger partial charge on any atom is 0.313 e. The highest BCUT2D eigenvalue weighted by molar-refractivity contribution is 5.82. The van der Waals surface area contributed by atoms with Gasteiger partial charge >= 0.3 is 5.97 Å². The molecule has 2 heteroatoms. The second-order valence-corrected chi connectivity index (χ2v) is 15.1. The van der Waals surface area contributed by atoms with Gasteiger partial charge in [-0.25, -0.2) is 0 Å². The van der Waals surface area contributed by atoms with E-state index >= 15 is 0 Å². The lowest BCUT2D eigenvalue weighted by Gasteiger charge is -2.70. The van der Waals surface area contributed by atoms with E-state index in [0.717, 1.165) is 30.6 Å². The van der Waals surface area contributed by atoms with Gasteiger partial charge in [-0.1, -0.05) is 54.9 Å². The highest BCUT2D eigenvalue weighted by Gasteiger charge is 2.80. The maximum atomic E-state index is 14.0. The van der Waals surface area contributed by atoms with Crippen LogP contribution in [0.5, 0.6) is 0 Å². The van der Waals surface area contributed by atoms with Gasteiger partial charge in [0, 0.05) is 11.3 Å². The number of carbonyl (C=O) groups excluding carboxylic acids is 1. The zero-order valence-electron chi connectivity index (χ0n) is 22.0. The minimum absolute atomic E-state index is 0.128. The molecule has 180 valence electrons. The van der Waals surface area contributed by atoms with Crippen molar-refractivity contribution in [3.63, 3.8) is 0 Å². The average molecular weight is 441 g/mol.